The monoisotopic (exact) mass is 295 g/mol. The summed E-state index contributed by atoms with van der Waals surface area (Å²) in [6.45, 7) is -0.563. The number of hydrogen-bond donors (Lipinski definition) is 2. The van der Waals surface area contributed by atoms with Crippen molar-refractivity contribution in [2.45, 2.75) is 11.0 Å². The van der Waals surface area contributed by atoms with E-state index in [0.717, 1.165) is 7.11 Å². The summed E-state index contributed by atoms with van der Waals surface area (Å²) in [4.78, 5) is 9.98. The van der Waals surface area contributed by atoms with Gasteiger partial charge in [0.2, 0.25) is 10.0 Å². The molecule has 0 bridgehead atoms. The van der Waals surface area contributed by atoms with Crippen LogP contribution in [0.5, 0.6) is 0 Å². The van der Waals surface area contributed by atoms with Crippen molar-refractivity contribution < 1.29 is 31.8 Å². The number of rotatable bonds is 6. The van der Waals surface area contributed by atoms with Gasteiger partial charge in [0.1, 0.15) is 11.6 Å². The van der Waals surface area contributed by atoms with Crippen LogP contribution in [0.4, 0.5) is 8.78 Å². The highest BCUT2D eigenvalue weighted by molar-refractivity contribution is 7.89. The van der Waals surface area contributed by atoms with Crippen molar-refractivity contribution in [1.82, 2.24) is 4.72 Å². The Morgan fingerprint density at radius 2 is 1.89 bits per heavy atom. The molecule has 0 saturated carbocycles. The molecule has 1 atom stereocenters. The normalized spacial score (nSPS) is 13.2. The second kappa shape index (κ2) is 6.04. The Labute approximate surface area is 108 Å². The number of carbonyl (C=O) groups is 1. The predicted molar refractivity (Wildman–Crippen MR) is 60.0 cm³/mol. The van der Waals surface area contributed by atoms with E-state index in [-0.39, 0.29) is 0 Å². The Balaban J connectivity index is 2.89. The van der Waals surface area contributed by atoms with Gasteiger partial charge in [-0.25, -0.2) is 26.7 Å². The topological polar surface area (TPSA) is 92.7 Å². The zero-order valence-corrected chi connectivity index (χ0v) is 10.6. The van der Waals surface area contributed by atoms with Crippen molar-refractivity contribution in [3.63, 3.8) is 0 Å². The van der Waals surface area contributed by atoms with Gasteiger partial charge in [0.15, 0.2) is 6.10 Å². The van der Waals surface area contributed by atoms with Crippen molar-refractivity contribution in [2.75, 3.05) is 13.7 Å². The highest BCUT2D eigenvalue weighted by Crippen LogP contribution is 2.13. The first-order chi connectivity index (χ1) is 8.76. The van der Waals surface area contributed by atoms with Gasteiger partial charge < -0.3 is 9.84 Å². The smallest absolute Gasteiger partial charge is 0.334 e. The molecular formula is C10H11F2NO5S. The van der Waals surface area contributed by atoms with Crippen LogP contribution in [-0.2, 0) is 19.6 Å². The summed E-state index contributed by atoms with van der Waals surface area (Å²) < 4.78 is 55.6. The zero-order valence-electron chi connectivity index (χ0n) is 9.76. The van der Waals surface area contributed by atoms with Gasteiger partial charge in [0.25, 0.3) is 0 Å². The molecule has 0 aliphatic heterocycles. The number of ether oxygens (including phenoxy) is 1. The van der Waals surface area contributed by atoms with E-state index < -0.39 is 45.2 Å². The number of carboxylic acids is 1. The predicted octanol–water partition coefficient (Wildman–Crippen LogP) is 0.343. The quantitative estimate of drug-likeness (QED) is 0.789. The third-order valence-electron chi connectivity index (χ3n) is 2.17. The summed E-state index contributed by atoms with van der Waals surface area (Å²) >= 11 is 0. The van der Waals surface area contributed by atoms with Crippen LogP contribution in [0.3, 0.4) is 0 Å². The van der Waals surface area contributed by atoms with Gasteiger partial charge >= 0.3 is 5.97 Å². The van der Waals surface area contributed by atoms with Crippen molar-refractivity contribution in [2.24, 2.45) is 0 Å². The molecule has 6 nitrogen and oxygen atoms in total. The molecule has 19 heavy (non-hydrogen) atoms. The van der Waals surface area contributed by atoms with Crippen LogP contribution in [0.15, 0.2) is 23.1 Å². The second-order valence-electron chi connectivity index (χ2n) is 3.52. The molecule has 0 aliphatic rings. The zero-order chi connectivity index (χ0) is 14.6. The van der Waals surface area contributed by atoms with Gasteiger partial charge in [0.05, 0.1) is 4.90 Å². The molecule has 0 heterocycles. The summed E-state index contributed by atoms with van der Waals surface area (Å²) in [7, 11) is -3.13. The van der Waals surface area contributed by atoms with Crippen LogP contribution in [-0.4, -0.2) is 39.3 Å². The largest absolute Gasteiger partial charge is 0.479 e. The van der Waals surface area contributed by atoms with E-state index in [2.05, 4.69) is 4.74 Å². The van der Waals surface area contributed by atoms with Crippen LogP contribution >= 0.6 is 0 Å². The highest BCUT2D eigenvalue weighted by atomic mass is 32.2. The minimum absolute atomic E-state index is 0.522. The number of carboxylic acid groups (broad SMARTS) is 1. The molecule has 1 aromatic carbocycles. The summed E-state index contributed by atoms with van der Waals surface area (Å²) in [5, 5.41) is 8.65. The number of methoxy groups -OCH3 is 1. The van der Waals surface area contributed by atoms with Crippen molar-refractivity contribution in [1.29, 1.82) is 0 Å². The Morgan fingerprint density at radius 1 is 1.37 bits per heavy atom. The van der Waals surface area contributed by atoms with Gasteiger partial charge in [-0.15, -0.1) is 0 Å². The second-order valence-corrected chi connectivity index (χ2v) is 5.29. The first kappa shape index (κ1) is 15.5. The van der Waals surface area contributed by atoms with Crippen molar-refractivity contribution in [3.05, 3.63) is 29.8 Å². The fourth-order valence-electron chi connectivity index (χ4n) is 1.22. The Hall–Kier alpha value is -1.58. The number of halogens is 2. The molecule has 1 unspecified atom stereocenters. The molecule has 9 heteroatoms. The summed E-state index contributed by atoms with van der Waals surface area (Å²) in [6.07, 6.45) is -1.40. The molecule has 0 saturated heterocycles. The summed E-state index contributed by atoms with van der Waals surface area (Å²) in [6, 6.07) is 1.76. The van der Waals surface area contributed by atoms with E-state index in [1.807, 2.05) is 4.72 Å². The average molecular weight is 295 g/mol. The van der Waals surface area contributed by atoms with E-state index in [0.29, 0.717) is 18.2 Å². The summed E-state index contributed by atoms with van der Waals surface area (Å²) in [5.74, 6) is -3.47. The van der Waals surface area contributed by atoms with E-state index in [1.165, 1.54) is 0 Å². The fourth-order valence-corrected chi connectivity index (χ4v) is 2.30. The Bertz CT molecular complexity index is 555. The molecule has 106 valence electrons. The van der Waals surface area contributed by atoms with Crippen LogP contribution < -0.4 is 4.72 Å². The number of aliphatic carboxylic acids is 1. The Morgan fingerprint density at radius 3 is 2.32 bits per heavy atom. The fraction of sp³-hybridized carbons (Fsp3) is 0.300. The van der Waals surface area contributed by atoms with Gasteiger partial charge in [-0.05, 0) is 12.1 Å². The summed E-state index contributed by atoms with van der Waals surface area (Å²) in [5.41, 5.74) is 0. The molecular weight excluding hydrogens is 284 g/mol. The molecule has 0 amide bonds. The molecule has 0 aromatic heterocycles. The minimum atomic E-state index is -4.22. The van der Waals surface area contributed by atoms with Gasteiger partial charge in [-0.3, -0.25) is 0 Å². The maximum Gasteiger partial charge on any atom is 0.334 e. The third kappa shape index (κ3) is 4.23. The molecule has 2 N–H and O–H groups in total. The molecule has 0 fully saturated rings. The van der Waals surface area contributed by atoms with E-state index in [9.17, 15) is 22.0 Å². The number of benzene rings is 1. The van der Waals surface area contributed by atoms with Crippen LogP contribution in [0, 0.1) is 11.6 Å². The molecule has 1 rings (SSSR count). The lowest BCUT2D eigenvalue weighted by Crippen LogP contribution is -2.37. The van der Waals surface area contributed by atoms with Crippen LogP contribution in [0.1, 0.15) is 0 Å². The van der Waals surface area contributed by atoms with Crippen molar-refractivity contribution in [3.8, 4) is 0 Å². The van der Waals surface area contributed by atoms with E-state index in [4.69, 9.17) is 5.11 Å². The average Bonchev–Trinajstić information content (AvgIpc) is 2.27. The van der Waals surface area contributed by atoms with E-state index >= 15 is 0 Å². The number of hydrogen-bond acceptors (Lipinski definition) is 4. The highest BCUT2D eigenvalue weighted by Gasteiger charge is 2.22. The molecule has 0 aliphatic carbocycles. The van der Waals surface area contributed by atoms with Crippen molar-refractivity contribution >= 4 is 16.0 Å². The first-order valence-corrected chi connectivity index (χ1v) is 6.46. The van der Waals surface area contributed by atoms with E-state index in [1.54, 1.807) is 0 Å². The Kier molecular flexibility index (Phi) is 4.92. The van der Waals surface area contributed by atoms with Gasteiger partial charge in [0, 0.05) is 19.7 Å². The molecule has 0 spiro atoms. The lowest BCUT2D eigenvalue weighted by molar-refractivity contribution is -0.147. The standard InChI is InChI=1S/C10H11F2NO5S/c1-18-9(10(14)15)5-13-19(16,17)8-3-6(11)2-7(12)4-8/h2-4,9,13H,5H2,1H3,(H,14,15). The number of sulfonamides is 1. The lowest BCUT2D eigenvalue weighted by atomic mass is 10.3. The van der Waals surface area contributed by atoms with Crippen LogP contribution in [0.25, 0.3) is 0 Å². The SMILES string of the molecule is COC(CNS(=O)(=O)c1cc(F)cc(F)c1)C(=O)O. The van der Waals surface area contributed by atoms with Crippen LogP contribution in [0.2, 0.25) is 0 Å². The van der Waals surface area contributed by atoms with Gasteiger partial charge in [-0.1, -0.05) is 0 Å². The first-order valence-electron chi connectivity index (χ1n) is 4.97. The third-order valence-corrected chi connectivity index (χ3v) is 3.57. The maximum atomic E-state index is 12.9. The minimum Gasteiger partial charge on any atom is -0.479 e. The number of nitrogens with one attached hydrogen (secondary N) is 1. The molecule has 1 aromatic rings. The lowest BCUT2D eigenvalue weighted by Gasteiger charge is -2.12. The maximum absolute atomic E-state index is 12.9. The molecule has 0 radical (unpaired) electrons. The van der Waals surface area contributed by atoms with Gasteiger partial charge in [-0.2, -0.15) is 0 Å².